The van der Waals surface area contributed by atoms with E-state index < -0.39 is 17.7 Å². The van der Waals surface area contributed by atoms with E-state index in [0.29, 0.717) is 11.3 Å². The van der Waals surface area contributed by atoms with Crippen LogP contribution in [-0.4, -0.2) is 26.6 Å². The molecule has 27 heavy (non-hydrogen) atoms. The van der Waals surface area contributed by atoms with Gasteiger partial charge < -0.3 is 5.11 Å². The van der Waals surface area contributed by atoms with Gasteiger partial charge in [-0.25, -0.2) is 4.68 Å². The third kappa shape index (κ3) is 2.80. The van der Waals surface area contributed by atoms with Crippen molar-refractivity contribution < 1.29 is 14.7 Å². The van der Waals surface area contributed by atoms with Crippen LogP contribution in [0.5, 0.6) is 0 Å². The highest BCUT2D eigenvalue weighted by Crippen LogP contribution is 2.43. The largest absolute Gasteiger partial charge is 0.480 e. The standard InChI is InChI=1S/C20H13N3O3S/c21-10-14(20(25)26)19(24)17-15-11-27-16-9-5-4-8-13(16)18(15)23(22-17)12-6-2-1-3-7-12/h1-9,14H,11H2,(H,25,26). The molecule has 4 rings (SSSR count). The number of fused-ring (bicyclic) bond motifs is 3. The molecule has 0 radical (unpaired) electrons. The zero-order chi connectivity index (χ0) is 19.0. The highest BCUT2D eigenvalue weighted by atomic mass is 32.2. The number of nitriles is 1. The van der Waals surface area contributed by atoms with Gasteiger partial charge in [0.2, 0.25) is 11.7 Å². The predicted octanol–water partition coefficient (Wildman–Crippen LogP) is 3.55. The van der Waals surface area contributed by atoms with Crippen LogP contribution in [0, 0.1) is 17.2 Å². The van der Waals surface area contributed by atoms with Crippen molar-refractivity contribution in [2.75, 3.05) is 0 Å². The molecule has 1 aliphatic heterocycles. The summed E-state index contributed by atoms with van der Waals surface area (Å²) in [6.45, 7) is 0. The third-order valence-electron chi connectivity index (χ3n) is 4.37. The zero-order valence-electron chi connectivity index (χ0n) is 14.0. The minimum atomic E-state index is -1.77. The first-order valence-electron chi connectivity index (χ1n) is 8.18. The normalized spacial score (nSPS) is 13.1. The molecule has 0 bridgehead atoms. The third-order valence-corrected chi connectivity index (χ3v) is 5.47. The molecule has 1 N–H and O–H groups in total. The number of ketones is 1. The lowest BCUT2D eigenvalue weighted by Gasteiger charge is -2.18. The molecule has 6 nitrogen and oxygen atoms in total. The zero-order valence-corrected chi connectivity index (χ0v) is 14.8. The van der Waals surface area contributed by atoms with Gasteiger partial charge in [0.05, 0.1) is 17.5 Å². The van der Waals surface area contributed by atoms with Gasteiger partial charge in [0, 0.05) is 21.8 Å². The molecule has 0 amide bonds. The van der Waals surface area contributed by atoms with Gasteiger partial charge in [-0.1, -0.05) is 36.4 Å². The van der Waals surface area contributed by atoms with Crippen molar-refractivity contribution in [1.29, 1.82) is 5.26 Å². The monoisotopic (exact) mass is 375 g/mol. The second kappa shape index (κ2) is 6.74. The molecular weight excluding hydrogens is 362 g/mol. The van der Waals surface area contributed by atoms with E-state index in [9.17, 15) is 14.7 Å². The molecule has 132 valence electrons. The fourth-order valence-electron chi connectivity index (χ4n) is 3.12. The van der Waals surface area contributed by atoms with Crippen molar-refractivity contribution in [3.05, 3.63) is 65.9 Å². The molecule has 0 saturated carbocycles. The maximum absolute atomic E-state index is 12.8. The molecule has 1 unspecified atom stereocenters. The van der Waals surface area contributed by atoms with E-state index in [1.807, 2.05) is 54.6 Å². The highest BCUT2D eigenvalue weighted by Gasteiger charge is 2.35. The van der Waals surface area contributed by atoms with Crippen molar-refractivity contribution >= 4 is 23.5 Å². The topological polar surface area (TPSA) is 96.0 Å². The summed E-state index contributed by atoms with van der Waals surface area (Å²) in [6.07, 6.45) is 0. The molecule has 2 heterocycles. The number of thioether (sulfide) groups is 1. The summed E-state index contributed by atoms with van der Waals surface area (Å²) >= 11 is 1.56. The molecule has 1 aliphatic rings. The second-order valence-corrected chi connectivity index (χ2v) is 6.99. The molecule has 2 aromatic carbocycles. The summed E-state index contributed by atoms with van der Waals surface area (Å²) in [5.41, 5.74) is 3.17. The summed E-state index contributed by atoms with van der Waals surface area (Å²) in [5, 5.41) is 22.8. The molecule has 3 aromatic rings. The van der Waals surface area contributed by atoms with Crippen LogP contribution in [0.15, 0.2) is 59.5 Å². The number of para-hydroxylation sites is 1. The fraction of sp³-hybridized carbons (Fsp3) is 0.100. The molecule has 7 heteroatoms. The Balaban J connectivity index is 1.97. The minimum absolute atomic E-state index is 0.0461. The summed E-state index contributed by atoms with van der Waals surface area (Å²) < 4.78 is 1.66. The number of carbonyl (C=O) groups excluding carboxylic acids is 1. The van der Waals surface area contributed by atoms with Crippen molar-refractivity contribution in [3.63, 3.8) is 0 Å². The van der Waals surface area contributed by atoms with Gasteiger partial charge in [0.25, 0.3) is 0 Å². The summed E-state index contributed by atoms with van der Waals surface area (Å²) in [4.78, 5) is 25.1. The van der Waals surface area contributed by atoms with Crippen LogP contribution in [0.25, 0.3) is 16.9 Å². The smallest absolute Gasteiger partial charge is 0.329 e. The average Bonchev–Trinajstić information content (AvgIpc) is 3.09. The number of hydrogen-bond acceptors (Lipinski definition) is 5. The van der Waals surface area contributed by atoms with Gasteiger partial charge in [0.15, 0.2) is 0 Å². The molecule has 1 aromatic heterocycles. The van der Waals surface area contributed by atoms with Crippen LogP contribution in [0.2, 0.25) is 0 Å². The number of aromatic nitrogens is 2. The molecule has 0 spiro atoms. The van der Waals surface area contributed by atoms with E-state index in [-0.39, 0.29) is 5.69 Å². The fourth-order valence-corrected chi connectivity index (χ4v) is 4.19. The van der Waals surface area contributed by atoms with Gasteiger partial charge in [-0.15, -0.1) is 11.8 Å². The lowest BCUT2D eigenvalue weighted by Crippen LogP contribution is -2.23. The Labute approximate surface area is 159 Å². The van der Waals surface area contributed by atoms with E-state index in [4.69, 9.17) is 5.26 Å². The summed E-state index contributed by atoms with van der Waals surface area (Å²) in [5.74, 6) is -3.53. The Morgan fingerprint density at radius 3 is 2.56 bits per heavy atom. The number of hydrogen-bond donors (Lipinski definition) is 1. The number of carboxylic acids is 1. The van der Waals surface area contributed by atoms with Crippen LogP contribution in [0.4, 0.5) is 0 Å². The predicted molar refractivity (Wildman–Crippen MR) is 99.6 cm³/mol. The Morgan fingerprint density at radius 2 is 1.85 bits per heavy atom. The molecule has 1 atom stereocenters. The number of rotatable bonds is 4. The maximum Gasteiger partial charge on any atom is 0.329 e. The number of carboxylic acid groups (broad SMARTS) is 1. The van der Waals surface area contributed by atoms with Crippen LogP contribution in [-0.2, 0) is 10.5 Å². The van der Waals surface area contributed by atoms with E-state index >= 15 is 0 Å². The van der Waals surface area contributed by atoms with Gasteiger partial charge in [-0.3, -0.25) is 9.59 Å². The van der Waals surface area contributed by atoms with Crippen molar-refractivity contribution in [2.24, 2.45) is 5.92 Å². The first kappa shape index (κ1) is 17.1. The second-order valence-electron chi connectivity index (χ2n) is 5.97. The Bertz CT molecular complexity index is 1100. The van der Waals surface area contributed by atoms with Crippen LogP contribution in [0.3, 0.4) is 0 Å². The molecule has 0 saturated heterocycles. The van der Waals surface area contributed by atoms with Crippen molar-refractivity contribution in [1.82, 2.24) is 9.78 Å². The Hall–Kier alpha value is -3.37. The average molecular weight is 375 g/mol. The number of benzene rings is 2. The Kier molecular flexibility index (Phi) is 4.26. The lowest BCUT2D eigenvalue weighted by atomic mass is 9.98. The number of carbonyl (C=O) groups is 2. The van der Waals surface area contributed by atoms with E-state index in [1.54, 1.807) is 22.5 Å². The van der Waals surface area contributed by atoms with E-state index in [0.717, 1.165) is 21.8 Å². The minimum Gasteiger partial charge on any atom is -0.480 e. The number of Topliss-reactive ketones (excluding diaryl/α,β-unsaturated/α-hetero) is 1. The van der Waals surface area contributed by atoms with Gasteiger partial charge in [-0.2, -0.15) is 10.4 Å². The van der Waals surface area contributed by atoms with Gasteiger partial charge in [0.1, 0.15) is 5.69 Å². The number of nitrogens with zero attached hydrogens (tertiary/aromatic N) is 3. The number of aliphatic carboxylic acids is 1. The Morgan fingerprint density at radius 1 is 1.15 bits per heavy atom. The first-order chi connectivity index (χ1) is 13.1. The summed E-state index contributed by atoms with van der Waals surface area (Å²) in [7, 11) is 0. The van der Waals surface area contributed by atoms with E-state index in [2.05, 4.69) is 5.10 Å². The van der Waals surface area contributed by atoms with E-state index in [1.165, 1.54) is 0 Å². The van der Waals surface area contributed by atoms with Crippen LogP contribution < -0.4 is 0 Å². The summed E-state index contributed by atoms with van der Waals surface area (Å²) in [6, 6.07) is 18.7. The van der Waals surface area contributed by atoms with Crippen LogP contribution >= 0.6 is 11.8 Å². The van der Waals surface area contributed by atoms with Crippen molar-refractivity contribution in [2.45, 2.75) is 10.6 Å². The maximum atomic E-state index is 12.8. The SMILES string of the molecule is N#CC(C(=O)O)C(=O)c1nn(-c2ccccc2)c2c1CSc1ccccc1-2. The highest BCUT2D eigenvalue weighted by molar-refractivity contribution is 7.98. The molecular formula is C20H13N3O3S. The molecule has 0 aliphatic carbocycles. The van der Waals surface area contributed by atoms with Gasteiger partial charge in [-0.05, 0) is 18.2 Å². The van der Waals surface area contributed by atoms with Crippen molar-refractivity contribution in [3.8, 4) is 23.0 Å². The lowest BCUT2D eigenvalue weighted by molar-refractivity contribution is -0.138. The van der Waals surface area contributed by atoms with Crippen LogP contribution in [0.1, 0.15) is 16.1 Å². The first-order valence-corrected chi connectivity index (χ1v) is 9.16. The molecule has 0 fully saturated rings. The quantitative estimate of drug-likeness (QED) is 0.553. The van der Waals surface area contributed by atoms with Gasteiger partial charge >= 0.3 is 5.97 Å².